The smallest absolute Gasteiger partial charge is 0.284 e. The minimum atomic E-state index is -0.330. The number of aromatic nitrogens is 1. The van der Waals surface area contributed by atoms with Gasteiger partial charge in [0.05, 0.1) is 0 Å². The molecule has 0 spiro atoms. The summed E-state index contributed by atoms with van der Waals surface area (Å²) in [7, 11) is 0. The average molecular weight is 236 g/mol. The fourth-order valence-corrected chi connectivity index (χ4v) is 1.87. The Labute approximate surface area is 96.0 Å². The normalized spacial score (nSPS) is 10.1. The summed E-state index contributed by atoms with van der Waals surface area (Å²) in [6.07, 6.45) is 0. The van der Waals surface area contributed by atoms with Crippen LogP contribution in [0.4, 0.5) is 10.1 Å². The van der Waals surface area contributed by atoms with Crippen LogP contribution < -0.4 is 5.32 Å². The molecule has 1 aromatic heterocycles. The van der Waals surface area contributed by atoms with Gasteiger partial charge in [-0.25, -0.2) is 9.37 Å². The van der Waals surface area contributed by atoms with Gasteiger partial charge in [-0.05, 0) is 31.2 Å². The molecule has 0 aliphatic carbocycles. The summed E-state index contributed by atoms with van der Waals surface area (Å²) >= 11 is 1.28. The quantitative estimate of drug-likeness (QED) is 0.871. The van der Waals surface area contributed by atoms with Crippen LogP contribution in [0.2, 0.25) is 0 Å². The first-order valence-corrected chi connectivity index (χ1v) is 5.52. The average Bonchev–Trinajstić information content (AvgIpc) is 2.68. The van der Waals surface area contributed by atoms with Crippen LogP contribution in [-0.2, 0) is 0 Å². The fraction of sp³-hybridized carbons (Fsp3) is 0.0909. The number of halogens is 1. The minimum absolute atomic E-state index is 0.273. The first-order valence-electron chi connectivity index (χ1n) is 4.64. The summed E-state index contributed by atoms with van der Waals surface area (Å²) in [5.74, 6) is -0.604. The number of thiazole rings is 1. The Morgan fingerprint density at radius 1 is 1.38 bits per heavy atom. The summed E-state index contributed by atoms with van der Waals surface area (Å²) in [5.41, 5.74) is 1.37. The molecule has 3 nitrogen and oxygen atoms in total. The van der Waals surface area contributed by atoms with E-state index in [-0.39, 0.29) is 11.7 Å². The van der Waals surface area contributed by atoms with E-state index in [1.165, 1.54) is 35.6 Å². The number of anilines is 1. The van der Waals surface area contributed by atoms with Gasteiger partial charge >= 0.3 is 0 Å². The maximum absolute atomic E-state index is 12.6. The third-order valence-corrected chi connectivity index (χ3v) is 2.87. The Hall–Kier alpha value is -1.75. The van der Waals surface area contributed by atoms with Crippen LogP contribution in [0.1, 0.15) is 15.5 Å². The van der Waals surface area contributed by atoms with E-state index < -0.39 is 0 Å². The van der Waals surface area contributed by atoms with Crippen LogP contribution in [0, 0.1) is 12.7 Å². The third-order valence-electron chi connectivity index (χ3n) is 1.92. The molecule has 16 heavy (non-hydrogen) atoms. The Balaban J connectivity index is 2.10. The topological polar surface area (TPSA) is 42.0 Å². The second-order valence-corrected chi connectivity index (χ2v) is 4.11. The zero-order valence-electron chi connectivity index (χ0n) is 8.53. The van der Waals surface area contributed by atoms with E-state index in [9.17, 15) is 9.18 Å². The molecule has 0 unspecified atom stereocenters. The van der Waals surface area contributed by atoms with Gasteiger partial charge in [0.2, 0.25) is 0 Å². The zero-order chi connectivity index (χ0) is 11.5. The van der Waals surface area contributed by atoms with E-state index in [2.05, 4.69) is 10.3 Å². The van der Waals surface area contributed by atoms with E-state index in [0.717, 1.165) is 5.69 Å². The van der Waals surface area contributed by atoms with E-state index in [1.54, 1.807) is 5.38 Å². The Morgan fingerprint density at radius 2 is 2.06 bits per heavy atom. The molecule has 2 rings (SSSR count). The van der Waals surface area contributed by atoms with Crippen molar-refractivity contribution in [3.8, 4) is 0 Å². The summed E-state index contributed by atoms with van der Waals surface area (Å²) in [6.45, 7) is 1.82. The number of hydrogen-bond acceptors (Lipinski definition) is 3. The zero-order valence-corrected chi connectivity index (χ0v) is 9.34. The largest absolute Gasteiger partial charge is 0.320 e. The molecule has 0 bridgehead atoms. The van der Waals surface area contributed by atoms with Gasteiger partial charge in [0.25, 0.3) is 5.91 Å². The molecular weight excluding hydrogens is 227 g/mol. The molecule has 0 aliphatic heterocycles. The molecule has 0 saturated heterocycles. The van der Waals surface area contributed by atoms with Crippen molar-refractivity contribution in [2.24, 2.45) is 0 Å². The van der Waals surface area contributed by atoms with Crippen molar-refractivity contribution in [2.45, 2.75) is 6.92 Å². The van der Waals surface area contributed by atoms with Gasteiger partial charge in [0, 0.05) is 16.8 Å². The third kappa shape index (κ3) is 2.43. The molecule has 1 heterocycles. The lowest BCUT2D eigenvalue weighted by Gasteiger charge is -2.01. The van der Waals surface area contributed by atoms with E-state index in [4.69, 9.17) is 0 Å². The Kier molecular flexibility index (Phi) is 2.96. The highest BCUT2D eigenvalue weighted by molar-refractivity contribution is 7.11. The maximum Gasteiger partial charge on any atom is 0.284 e. The molecular formula is C11H9FN2OS. The highest BCUT2D eigenvalue weighted by atomic mass is 32.1. The van der Waals surface area contributed by atoms with Gasteiger partial charge in [-0.2, -0.15) is 0 Å². The molecule has 0 fully saturated rings. The molecule has 0 atom stereocenters. The summed E-state index contributed by atoms with van der Waals surface area (Å²) in [4.78, 5) is 15.7. The van der Waals surface area contributed by atoms with Crippen molar-refractivity contribution in [2.75, 3.05) is 5.32 Å². The molecule has 1 amide bonds. The summed E-state index contributed by atoms with van der Waals surface area (Å²) < 4.78 is 12.6. The van der Waals surface area contributed by atoms with Gasteiger partial charge in [-0.15, -0.1) is 11.3 Å². The van der Waals surface area contributed by atoms with Crippen LogP contribution in [0.3, 0.4) is 0 Å². The van der Waals surface area contributed by atoms with Crippen molar-refractivity contribution in [3.05, 3.63) is 46.2 Å². The molecule has 1 aromatic carbocycles. The molecule has 0 aliphatic rings. The number of amides is 1. The van der Waals surface area contributed by atoms with Crippen LogP contribution in [0.25, 0.3) is 0 Å². The summed E-state index contributed by atoms with van der Waals surface area (Å²) in [5, 5.41) is 4.85. The molecule has 0 saturated carbocycles. The fourth-order valence-electron chi connectivity index (χ4n) is 1.18. The predicted octanol–water partition coefficient (Wildman–Crippen LogP) is 2.84. The summed E-state index contributed by atoms with van der Waals surface area (Å²) in [6, 6.07) is 5.60. The first kappa shape index (κ1) is 10.8. The van der Waals surface area contributed by atoms with Crippen LogP contribution >= 0.6 is 11.3 Å². The predicted molar refractivity (Wildman–Crippen MR) is 61.2 cm³/mol. The SMILES string of the molecule is Cc1csc(C(=O)Nc2ccc(F)cc2)n1. The Bertz CT molecular complexity index is 507. The van der Waals surface area contributed by atoms with Gasteiger partial charge < -0.3 is 5.32 Å². The maximum atomic E-state index is 12.6. The van der Waals surface area contributed by atoms with Crippen LogP contribution in [0.15, 0.2) is 29.6 Å². The standard InChI is InChI=1S/C11H9FN2OS/c1-7-6-16-11(13-7)10(15)14-9-4-2-8(12)3-5-9/h2-6H,1H3,(H,14,15). The van der Waals surface area contributed by atoms with Crippen molar-refractivity contribution in [3.63, 3.8) is 0 Å². The number of nitrogens with zero attached hydrogens (tertiary/aromatic N) is 1. The number of carbonyl (C=O) groups is 1. The van der Waals surface area contributed by atoms with E-state index >= 15 is 0 Å². The number of benzene rings is 1. The van der Waals surface area contributed by atoms with Gasteiger partial charge in [0.1, 0.15) is 5.82 Å². The van der Waals surface area contributed by atoms with Crippen LogP contribution in [0.5, 0.6) is 0 Å². The van der Waals surface area contributed by atoms with Crippen molar-refractivity contribution < 1.29 is 9.18 Å². The number of carbonyl (C=O) groups excluding carboxylic acids is 1. The molecule has 2 aromatic rings. The molecule has 5 heteroatoms. The Morgan fingerprint density at radius 3 is 2.62 bits per heavy atom. The van der Waals surface area contributed by atoms with Gasteiger partial charge in [-0.3, -0.25) is 4.79 Å². The number of rotatable bonds is 2. The highest BCUT2D eigenvalue weighted by Gasteiger charge is 2.09. The lowest BCUT2D eigenvalue weighted by molar-refractivity contribution is 0.102. The minimum Gasteiger partial charge on any atom is -0.320 e. The second kappa shape index (κ2) is 4.40. The lowest BCUT2D eigenvalue weighted by atomic mass is 10.3. The number of nitrogens with one attached hydrogen (secondary N) is 1. The van der Waals surface area contributed by atoms with Crippen molar-refractivity contribution in [1.82, 2.24) is 4.98 Å². The van der Waals surface area contributed by atoms with Crippen LogP contribution in [-0.4, -0.2) is 10.9 Å². The van der Waals surface area contributed by atoms with E-state index in [0.29, 0.717) is 10.7 Å². The molecule has 0 radical (unpaired) electrons. The number of aryl methyl sites for hydroxylation is 1. The monoisotopic (exact) mass is 236 g/mol. The number of hydrogen-bond donors (Lipinski definition) is 1. The molecule has 1 N–H and O–H groups in total. The van der Waals surface area contributed by atoms with Crippen molar-refractivity contribution >= 4 is 22.9 Å². The molecule has 82 valence electrons. The van der Waals surface area contributed by atoms with E-state index in [1.807, 2.05) is 6.92 Å². The lowest BCUT2D eigenvalue weighted by Crippen LogP contribution is -2.11. The second-order valence-electron chi connectivity index (χ2n) is 3.26. The highest BCUT2D eigenvalue weighted by Crippen LogP contribution is 2.13. The first-order chi connectivity index (χ1) is 7.65. The van der Waals surface area contributed by atoms with Crippen molar-refractivity contribution in [1.29, 1.82) is 0 Å². The van der Waals surface area contributed by atoms with Gasteiger partial charge in [0.15, 0.2) is 5.01 Å². The van der Waals surface area contributed by atoms with Gasteiger partial charge in [-0.1, -0.05) is 0 Å².